The van der Waals surface area contributed by atoms with Crippen LogP contribution in [0.3, 0.4) is 0 Å². The van der Waals surface area contributed by atoms with Gasteiger partial charge in [-0.05, 0) is 43.0 Å². The Morgan fingerprint density at radius 1 is 1.39 bits per heavy atom. The van der Waals surface area contributed by atoms with E-state index in [0.29, 0.717) is 12.0 Å². The summed E-state index contributed by atoms with van der Waals surface area (Å²) in [5.41, 5.74) is 7.53. The molecule has 0 unspecified atom stereocenters. The van der Waals surface area contributed by atoms with Crippen LogP contribution in [0.2, 0.25) is 0 Å². The quantitative estimate of drug-likeness (QED) is 0.363. The van der Waals surface area contributed by atoms with Crippen molar-refractivity contribution in [3.63, 3.8) is 0 Å². The van der Waals surface area contributed by atoms with E-state index in [0.717, 1.165) is 12.1 Å². The Kier molecular flexibility index (Phi) is 3.75. The summed E-state index contributed by atoms with van der Waals surface area (Å²) in [7, 11) is 0. The highest BCUT2D eigenvalue weighted by atomic mass is 16.4. The molecular formula is C14H21N3O. The average Bonchev–Trinajstić information content (AvgIpc) is 3.19. The molecule has 0 bridgehead atoms. The van der Waals surface area contributed by atoms with Crippen molar-refractivity contribution in [2.24, 2.45) is 16.8 Å². The van der Waals surface area contributed by atoms with Gasteiger partial charge >= 0.3 is 0 Å². The third-order valence-corrected chi connectivity index (χ3v) is 3.15. The van der Waals surface area contributed by atoms with Crippen LogP contribution in [0.25, 0.3) is 0 Å². The molecule has 1 saturated carbocycles. The van der Waals surface area contributed by atoms with Crippen molar-refractivity contribution < 1.29 is 5.21 Å². The molecule has 1 aliphatic rings. The Hall–Kier alpha value is -1.71. The third-order valence-electron chi connectivity index (χ3n) is 3.15. The van der Waals surface area contributed by atoms with Crippen LogP contribution in [0.5, 0.6) is 0 Å². The fourth-order valence-electron chi connectivity index (χ4n) is 2.13. The monoisotopic (exact) mass is 247 g/mol. The first-order chi connectivity index (χ1) is 8.61. The second kappa shape index (κ2) is 5.29. The van der Waals surface area contributed by atoms with Crippen LogP contribution in [-0.4, -0.2) is 23.6 Å². The van der Waals surface area contributed by atoms with Crippen LogP contribution in [0.15, 0.2) is 29.4 Å². The SMILES string of the molecule is CC(C)CN(c1ccc(/C(N)=N/O)cc1)C1CC1. The Morgan fingerprint density at radius 2 is 2.00 bits per heavy atom. The van der Waals surface area contributed by atoms with Gasteiger partial charge in [0.05, 0.1) is 0 Å². The summed E-state index contributed by atoms with van der Waals surface area (Å²) in [6.07, 6.45) is 2.57. The van der Waals surface area contributed by atoms with E-state index in [2.05, 4.69) is 23.9 Å². The van der Waals surface area contributed by atoms with Gasteiger partial charge in [0.2, 0.25) is 0 Å². The first-order valence-electron chi connectivity index (χ1n) is 6.46. The molecule has 18 heavy (non-hydrogen) atoms. The topological polar surface area (TPSA) is 61.8 Å². The van der Waals surface area contributed by atoms with Gasteiger partial charge in [-0.2, -0.15) is 0 Å². The van der Waals surface area contributed by atoms with Crippen molar-refractivity contribution in [1.29, 1.82) is 0 Å². The average molecular weight is 247 g/mol. The number of hydrogen-bond acceptors (Lipinski definition) is 3. The maximum Gasteiger partial charge on any atom is 0.170 e. The summed E-state index contributed by atoms with van der Waals surface area (Å²) in [6.45, 7) is 5.55. The molecule has 1 fully saturated rings. The minimum absolute atomic E-state index is 0.156. The molecule has 3 N–H and O–H groups in total. The minimum atomic E-state index is 0.156. The molecule has 0 atom stereocenters. The fraction of sp³-hybridized carbons (Fsp3) is 0.500. The van der Waals surface area contributed by atoms with Crippen LogP contribution < -0.4 is 10.6 Å². The van der Waals surface area contributed by atoms with Gasteiger partial charge in [0.1, 0.15) is 0 Å². The van der Waals surface area contributed by atoms with Gasteiger partial charge in [0.15, 0.2) is 5.84 Å². The van der Waals surface area contributed by atoms with E-state index in [1.807, 2.05) is 24.3 Å². The Morgan fingerprint density at radius 3 is 2.44 bits per heavy atom. The molecule has 0 aliphatic heterocycles. The normalized spacial score (nSPS) is 16.1. The summed E-state index contributed by atoms with van der Waals surface area (Å²) in [4.78, 5) is 2.46. The lowest BCUT2D eigenvalue weighted by molar-refractivity contribution is 0.318. The number of nitrogens with two attached hydrogens (primary N) is 1. The second-order valence-electron chi connectivity index (χ2n) is 5.31. The molecule has 4 nitrogen and oxygen atoms in total. The maximum atomic E-state index is 8.64. The number of amidine groups is 1. The van der Waals surface area contributed by atoms with E-state index in [-0.39, 0.29) is 5.84 Å². The molecule has 0 aromatic heterocycles. The number of rotatable bonds is 5. The molecule has 0 spiro atoms. The summed E-state index contributed by atoms with van der Waals surface area (Å²) in [5, 5.41) is 11.6. The fourth-order valence-corrected chi connectivity index (χ4v) is 2.13. The zero-order valence-electron chi connectivity index (χ0n) is 11.0. The van der Waals surface area contributed by atoms with E-state index >= 15 is 0 Å². The predicted octanol–water partition coefficient (Wildman–Crippen LogP) is 2.41. The van der Waals surface area contributed by atoms with Crippen molar-refractivity contribution in [1.82, 2.24) is 0 Å². The molecule has 0 saturated heterocycles. The Bertz CT molecular complexity index is 421. The highest BCUT2D eigenvalue weighted by Gasteiger charge is 2.29. The Balaban J connectivity index is 2.15. The van der Waals surface area contributed by atoms with Crippen molar-refractivity contribution in [2.75, 3.05) is 11.4 Å². The van der Waals surface area contributed by atoms with Crippen molar-refractivity contribution in [3.8, 4) is 0 Å². The third kappa shape index (κ3) is 2.94. The van der Waals surface area contributed by atoms with E-state index in [9.17, 15) is 0 Å². The van der Waals surface area contributed by atoms with Gasteiger partial charge in [-0.1, -0.05) is 19.0 Å². The van der Waals surface area contributed by atoms with Crippen LogP contribution in [-0.2, 0) is 0 Å². The number of nitrogens with zero attached hydrogens (tertiary/aromatic N) is 2. The van der Waals surface area contributed by atoms with Crippen molar-refractivity contribution >= 4 is 11.5 Å². The van der Waals surface area contributed by atoms with Crippen LogP contribution in [0.1, 0.15) is 32.3 Å². The van der Waals surface area contributed by atoms with E-state index in [1.165, 1.54) is 18.5 Å². The standard InChI is InChI=1S/C14H21N3O/c1-10(2)9-17(13-7-8-13)12-5-3-11(4-6-12)14(15)16-18/h3-6,10,13,18H,7-9H2,1-2H3,(H2,15,16). The molecule has 1 aromatic rings. The Labute approximate surface area is 108 Å². The summed E-state index contributed by atoms with van der Waals surface area (Å²) in [5.74, 6) is 0.803. The number of oxime groups is 1. The second-order valence-corrected chi connectivity index (χ2v) is 5.31. The van der Waals surface area contributed by atoms with Crippen molar-refractivity contribution in [2.45, 2.75) is 32.7 Å². The van der Waals surface area contributed by atoms with E-state index < -0.39 is 0 Å². The predicted molar refractivity (Wildman–Crippen MR) is 74.2 cm³/mol. The highest BCUT2D eigenvalue weighted by Crippen LogP contribution is 2.32. The van der Waals surface area contributed by atoms with Gasteiger partial charge in [-0.15, -0.1) is 0 Å². The smallest absolute Gasteiger partial charge is 0.170 e. The summed E-state index contributed by atoms with van der Waals surface area (Å²) in [6, 6.07) is 8.60. The van der Waals surface area contributed by atoms with Crippen LogP contribution >= 0.6 is 0 Å². The van der Waals surface area contributed by atoms with Gasteiger partial charge in [0, 0.05) is 23.8 Å². The molecule has 0 radical (unpaired) electrons. The lowest BCUT2D eigenvalue weighted by atomic mass is 10.1. The first-order valence-corrected chi connectivity index (χ1v) is 6.46. The lowest BCUT2D eigenvalue weighted by Crippen LogP contribution is -2.29. The molecule has 0 heterocycles. The van der Waals surface area contributed by atoms with Gasteiger partial charge in [0.25, 0.3) is 0 Å². The molecule has 0 amide bonds. The lowest BCUT2D eigenvalue weighted by Gasteiger charge is -2.26. The van der Waals surface area contributed by atoms with Crippen LogP contribution in [0, 0.1) is 5.92 Å². The van der Waals surface area contributed by atoms with Gasteiger partial charge in [-0.3, -0.25) is 0 Å². The first kappa shape index (κ1) is 12.7. The minimum Gasteiger partial charge on any atom is -0.409 e. The highest BCUT2D eigenvalue weighted by molar-refractivity contribution is 5.97. The van der Waals surface area contributed by atoms with E-state index in [4.69, 9.17) is 10.9 Å². The van der Waals surface area contributed by atoms with E-state index in [1.54, 1.807) is 0 Å². The maximum absolute atomic E-state index is 8.64. The molecule has 1 aromatic carbocycles. The number of benzene rings is 1. The van der Waals surface area contributed by atoms with Gasteiger partial charge < -0.3 is 15.8 Å². The summed E-state index contributed by atoms with van der Waals surface area (Å²) < 4.78 is 0. The number of anilines is 1. The molecule has 1 aliphatic carbocycles. The van der Waals surface area contributed by atoms with Crippen molar-refractivity contribution in [3.05, 3.63) is 29.8 Å². The molecule has 98 valence electrons. The number of hydrogen-bond donors (Lipinski definition) is 2. The zero-order valence-corrected chi connectivity index (χ0v) is 11.0. The van der Waals surface area contributed by atoms with Gasteiger partial charge in [-0.25, -0.2) is 0 Å². The molecular weight excluding hydrogens is 226 g/mol. The summed E-state index contributed by atoms with van der Waals surface area (Å²) >= 11 is 0. The van der Waals surface area contributed by atoms with Crippen LogP contribution in [0.4, 0.5) is 5.69 Å². The zero-order chi connectivity index (χ0) is 13.1. The molecule has 4 heteroatoms. The molecule has 2 rings (SSSR count). The largest absolute Gasteiger partial charge is 0.409 e.